The molecule has 3 rings (SSSR count). The van der Waals surface area contributed by atoms with Gasteiger partial charge in [0.25, 0.3) is 0 Å². The second-order valence-electron chi connectivity index (χ2n) is 5.92. The number of hydrogen-bond donors (Lipinski definition) is 2. The summed E-state index contributed by atoms with van der Waals surface area (Å²) in [6.45, 7) is 3.73. The molecule has 1 fully saturated rings. The fourth-order valence-corrected chi connectivity index (χ4v) is 3.65. The average molecular weight is 365 g/mol. The van der Waals surface area contributed by atoms with Crippen molar-refractivity contribution in [2.24, 2.45) is 4.99 Å². The van der Waals surface area contributed by atoms with Crippen molar-refractivity contribution in [2.45, 2.75) is 25.9 Å². The van der Waals surface area contributed by atoms with Crippen molar-refractivity contribution in [3.63, 3.8) is 0 Å². The molecule has 8 heteroatoms. The molecule has 2 aromatic rings. The minimum absolute atomic E-state index is 0.0508. The molecule has 1 saturated heterocycles. The van der Waals surface area contributed by atoms with Gasteiger partial charge >= 0.3 is 0 Å². The van der Waals surface area contributed by atoms with Gasteiger partial charge in [0.1, 0.15) is 17.3 Å². The Labute approximate surface area is 149 Å². The lowest BCUT2D eigenvalue weighted by molar-refractivity contribution is 0.576. The molecule has 1 aromatic heterocycles. The number of benzene rings is 1. The molecule has 0 radical (unpaired) electrons. The largest absolute Gasteiger partial charge is 0.365 e. The molecule has 2 heterocycles. The number of guanidine groups is 1. The average Bonchev–Trinajstić information content (AvgIpc) is 3.20. The van der Waals surface area contributed by atoms with E-state index in [2.05, 4.69) is 20.6 Å². The van der Waals surface area contributed by atoms with E-state index in [-0.39, 0.29) is 11.7 Å². The van der Waals surface area contributed by atoms with Crippen LogP contribution in [0.5, 0.6) is 0 Å². The van der Waals surface area contributed by atoms with Crippen LogP contribution in [0.2, 0.25) is 0 Å². The van der Waals surface area contributed by atoms with Crippen molar-refractivity contribution < 1.29 is 8.78 Å². The first-order valence-electron chi connectivity index (χ1n) is 8.14. The van der Waals surface area contributed by atoms with Gasteiger partial charge in [-0.1, -0.05) is 6.07 Å². The SMILES string of the molecule is CN=C(NCc1cnc(C)s1)NC1CCN(c2c(F)cccc2F)C1. The Kier molecular flexibility index (Phi) is 5.47. The van der Waals surface area contributed by atoms with Crippen LogP contribution in [0.3, 0.4) is 0 Å². The topological polar surface area (TPSA) is 52.6 Å². The van der Waals surface area contributed by atoms with Gasteiger partial charge in [-0.2, -0.15) is 0 Å². The first-order chi connectivity index (χ1) is 12.1. The van der Waals surface area contributed by atoms with Gasteiger partial charge in [-0.3, -0.25) is 4.99 Å². The van der Waals surface area contributed by atoms with Crippen LogP contribution in [0, 0.1) is 18.6 Å². The Bertz CT molecular complexity index is 741. The molecule has 0 spiro atoms. The van der Waals surface area contributed by atoms with Gasteiger partial charge in [0.2, 0.25) is 0 Å². The van der Waals surface area contributed by atoms with E-state index < -0.39 is 11.6 Å². The zero-order valence-electron chi connectivity index (χ0n) is 14.2. The van der Waals surface area contributed by atoms with Crippen molar-refractivity contribution in [2.75, 3.05) is 25.0 Å². The highest BCUT2D eigenvalue weighted by atomic mass is 32.1. The van der Waals surface area contributed by atoms with Crippen LogP contribution in [0.4, 0.5) is 14.5 Å². The number of aromatic nitrogens is 1. The van der Waals surface area contributed by atoms with E-state index in [1.54, 1.807) is 23.3 Å². The molecule has 25 heavy (non-hydrogen) atoms. The summed E-state index contributed by atoms with van der Waals surface area (Å²) >= 11 is 1.64. The minimum Gasteiger partial charge on any atom is -0.365 e. The summed E-state index contributed by atoms with van der Waals surface area (Å²) in [4.78, 5) is 11.3. The number of thiazole rings is 1. The molecular weight excluding hydrogens is 344 g/mol. The predicted octanol–water partition coefficient (Wildman–Crippen LogP) is 2.67. The second kappa shape index (κ2) is 7.77. The van der Waals surface area contributed by atoms with Crippen LogP contribution in [0.15, 0.2) is 29.4 Å². The molecule has 5 nitrogen and oxygen atoms in total. The smallest absolute Gasteiger partial charge is 0.191 e. The summed E-state index contributed by atoms with van der Waals surface area (Å²) in [5.41, 5.74) is 0.0508. The first kappa shape index (κ1) is 17.6. The highest BCUT2D eigenvalue weighted by Crippen LogP contribution is 2.26. The summed E-state index contributed by atoms with van der Waals surface area (Å²) in [5.74, 6) is -0.376. The maximum absolute atomic E-state index is 13.9. The molecule has 0 saturated carbocycles. The Morgan fingerprint density at radius 1 is 1.40 bits per heavy atom. The number of rotatable bonds is 4. The second-order valence-corrected chi connectivity index (χ2v) is 7.24. The van der Waals surface area contributed by atoms with Crippen LogP contribution < -0.4 is 15.5 Å². The number of nitrogens with zero attached hydrogens (tertiary/aromatic N) is 3. The van der Waals surface area contributed by atoms with E-state index in [4.69, 9.17) is 0 Å². The van der Waals surface area contributed by atoms with Gasteiger partial charge < -0.3 is 15.5 Å². The number of nitrogens with one attached hydrogen (secondary N) is 2. The molecule has 1 unspecified atom stereocenters. The maximum atomic E-state index is 13.9. The van der Waals surface area contributed by atoms with Gasteiger partial charge in [-0.05, 0) is 25.5 Å². The standard InChI is InChI=1S/C17H21F2N5S/c1-11-21-8-13(25-11)9-22-17(20-2)23-12-6-7-24(10-12)16-14(18)4-3-5-15(16)19/h3-5,8,12H,6-7,9-10H2,1-2H3,(H2,20,22,23). The molecule has 1 aliphatic heterocycles. The van der Waals surface area contributed by atoms with Crippen molar-refractivity contribution in [1.29, 1.82) is 0 Å². The Balaban J connectivity index is 1.56. The van der Waals surface area contributed by atoms with E-state index in [0.29, 0.717) is 25.6 Å². The van der Waals surface area contributed by atoms with Crippen molar-refractivity contribution >= 4 is 23.0 Å². The number of aryl methyl sites for hydroxylation is 1. The fraction of sp³-hybridized carbons (Fsp3) is 0.412. The summed E-state index contributed by atoms with van der Waals surface area (Å²) in [6.07, 6.45) is 2.63. The number of para-hydroxylation sites is 1. The maximum Gasteiger partial charge on any atom is 0.191 e. The van der Waals surface area contributed by atoms with Crippen molar-refractivity contribution in [1.82, 2.24) is 15.6 Å². The summed E-state index contributed by atoms with van der Waals surface area (Å²) < 4.78 is 27.9. The monoisotopic (exact) mass is 365 g/mol. The molecule has 2 N–H and O–H groups in total. The molecule has 0 amide bonds. The van der Waals surface area contributed by atoms with Crippen LogP contribution in [0.25, 0.3) is 0 Å². The molecular formula is C17H21F2N5S. The van der Waals surface area contributed by atoms with E-state index >= 15 is 0 Å². The first-order valence-corrected chi connectivity index (χ1v) is 8.96. The third kappa shape index (κ3) is 4.25. The van der Waals surface area contributed by atoms with E-state index in [1.165, 1.54) is 18.2 Å². The minimum atomic E-state index is -0.524. The lowest BCUT2D eigenvalue weighted by Gasteiger charge is -2.21. The van der Waals surface area contributed by atoms with Gasteiger partial charge in [-0.25, -0.2) is 13.8 Å². The van der Waals surface area contributed by atoms with E-state index in [9.17, 15) is 8.78 Å². The van der Waals surface area contributed by atoms with Gasteiger partial charge in [0.15, 0.2) is 5.96 Å². The van der Waals surface area contributed by atoms with Gasteiger partial charge in [0.05, 0.1) is 11.6 Å². The Morgan fingerprint density at radius 2 is 2.16 bits per heavy atom. The Hall–Kier alpha value is -2.22. The molecule has 1 aromatic carbocycles. The normalized spacial score (nSPS) is 17.8. The molecule has 1 aliphatic rings. The zero-order chi connectivity index (χ0) is 17.8. The number of anilines is 1. The molecule has 0 aliphatic carbocycles. The third-order valence-electron chi connectivity index (χ3n) is 4.11. The summed E-state index contributed by atoms with van der Waals surface area (Å²) in [7, 11) is 1.70. The molecule has 1 atom stereocenters. The van der Waals surface area contributed by atoms with E-state index in [0.717, 1.165) is 16.3 Å². The number of halogens is 2. The van der Waals surface area contributed by atoms with Crippen LogP contribution >= 0.6 is 11.3 Å². The predicted molar refractivity (Wildman–Crippen MR) is 97.2 cm³/mol. The fourth-order valence-electron chi connectivity index (χ4n) is 2.92. The van der Waals surface area contributed by atoms with Crippen molar-refractivity contribution in [3.05, 3.63) is 45.9 Å². The third-order valence-corrected chi connectivity index (χ3v) is 5.02. The van der Waals surface area contributed by atoms with E-state index in [1.807, 2.05) is 13.1 Å². The number of aliphatic imine (C=N–C) groups is 1. The van der Waals surface area contributed by atoms with Gasteiger partial charge in [0, 0.05) is 37.3 Å². The lowest BCUT2D eigenvalue weighted by Crippen LogP contribution is -2.44. The van der Waals surface area contributed by atoms with Crippen LogP contribution in [-0.2, 0) is 6.54 Å². The Morgan fingerprint density at radius 3 is 2.80 bits per heavy atom. The quantitative estimate of drug-likeness (QED) is 0.646. The van der Waals surface area contributed by atoms with Gasteiger partial charge in [-0.15, -0.1) is 11.3 Å². The summed E-state index contributed by atoms with van der Waals surface area (Å²) in [6, 6.07) is 4.04. The number of hydrogen-bond acceptors (Lipinski definition) is 4. The molecule has 0 bridgehead atoms. The van der Waals surface area contributed by atoms with Crippen LogP contribution in [-0.4, -0.2) is 37.1 Å². The molecule has 134 valence electrons. The lowest BCUT2D eigenvalue weighted by atomic mass is 10.2. The highest BCUT2D eigenvalue weighted by molar-refractivity contribution is 7.11. The van der Waals surface area contributed by atoms with Crippen LogP contribution in [0.1, 0.15) is 16.3 Å². The zero-order valence-corrected chi connectivity index (χ0v) is 15.0. The summed E-state index contributed by atoms with van der Waals surface area (Å²) in [5, 5.41) is 7.59. The highest BCUT2D eigenvalue weighted by Gasteiger charge is 2.27. The van der Waals surface area contributed by atoms with Crippen molar-refractivity contribution in [3.8, 4) is 0 Å².